The number of anilines is 1. The lowest BCUT2D eigenvalue weighted by Crippen LogP contribution is -2.07. The summed E-state index contributed by atoms with van der Waals surface area (Å²) in [5.74, 6) is -0.486. The fourth-order valence-corrected chi connectivity index (χ4v) is 0.839. The van der Waals surface area contributed by atoms with E-state index < -0.39 is 5.97 Å². The van der Waals surface area contributed by atoms with Gasteiger partial charge in [0.15, 0.2) is 0 Å². The minimum absolute atomic E-state index is 0.00551. The molecule has 0 atom stereocenters. The van der Waals surface area contributed by atoms with Crippen molar-refractivity contribution in [2.45, 2.75) is 13.8 Å². The first-order valence-corrected chi connectivity index (χ1v) is 3.55. The van der Waals surface area contributed by atoms with Crippen LogP contribution in [0.4, 0.5) is 5.88 Å². The van der Waals surface area contributed by atoms with Gasteiger partial charge in [0.1, 0.15) is 5.56 Å². The van der Waals surface area contributed by atoms with E-state index in [4.69, 9.17) is 10.5 Å². The number of carbonyl (C=O) groups excluding carboxylic acids is 1. The van der Waals surface area contributed by atoms with Crippen molar-refractivity contribution in [3.05, 3.63) is 11.3 Å². The number of esters is 1. The number of nitrogens with two attached hydrogens (primary N) is 1. The molecule has 1 aromatic rings. The molecular weight excluding hydrogens is 160 g/mol. The Bertz CT molecular complexity index is 273. The summed E-state index contributed by atoms with van der Waals surface area (Å²) in [5, 5.41) is 3.52. The lowest BCUT2D eigenvalue weighted by Gasteiger charge is -1.98. The van der Waals surface area contributed by atoms with E-state index in [9.17, 15) is 4.79 Å². The summed E-state index contributed by atoms with van der Waals surface area (Å²) < 4.78 is 9.32. The van der Waals surface area contributed by atoms with E-state index in [1.165, 1.54) is 0 Å². The third kappa shape index (κ3) is 1.39. The Hall–Kier alpha value is -1.52. The maximum absolute atomic E-state index is 11.1. The van der Waals surface area contributed by atoms with Gasteiger partial charge in [-0.3, -0.25) is 0 Å². The van der Waals surface area contributed by atoms with Gasteiger partial charge in [-0.2, -0.15) is 0 Å². The highest BCUT2D eigenvalue weighted by Crippen LogP contribution is 2.16. The van der Waals surface area contributed by atoms with Crippen molar-refractivity contribution in [1.29, 1.82) is 0 Å². The zero-order valence-electron chi connectivity index (χ0n) is 6.96. The van der Waals surface area contributed by atoms with Crippen LogP contribution in [0.25, 0.3) is 0 Å². The van der Waals surface area contributed by atoms with E-state index in [0.29, 0.717) is 12.3 Å². The average molecular weight is 170 g/mol. The first kappa shape index (κ1) is 8.58. The van der Waals surface area contributed by atoms with E-state index in [0.717, 1.165) is 0 Å². The molecular formula is C7H10N2O3. The van der Waals surface area contributed by atoms with Gasteiger partial charge in [0, 0.05) is 0 Å². The van der Waals surface area contributed by atoms with Crippen molar-refractivity contribution in [3.63, 3.8) is 0 Å². The highest BCUT2D eigenvalue weighted by atomic mass is 16.5. The fourth-order valence-electron chi connectivity index (χ4n) is 0.839. The normalized spacial score (nSPS) is 9.83. The molecule has 0 radical (unpaired) electrons. The number of aryl methyl sites for hydroxylation is 1. The molecule has 0 saturated heterocycles. The largest absolute Gasteiger partial charge is 0.462 e. The monoisotopic (exact) mass is 170 g/mol. The van der Waals surface area contributed by atoms with Crippen LogP contribution >= 0.6 is 0 Å². The zero-order valence-corrected chi connectivity index (χ0v) is 6.96. The van der Waals surface area contributed by atoms with Crippen molar-refractivity contribution in [2.24, 2.45) is 0 Å². The van der Waals surface area contributed by atoms with Gasteiger partial charge in [0.05, 0.1) is 12.3 Å². The fraction of sp³-hybridized carbons (Fsp3) is 0.429. The number of hydrogen-bond donors (Lipinski definition) is 1. The van der Waals surface area contributed by atoms with E-state index in [1.807, 2.05) is 0 Å². The molecule has 0 bridgehead atoms. The molecule has 0 unspecified atom stereocenters. The van der Waals surface area contributed by atoms with Crippen molar-refractivity contribution in [3.8, 4) is 0 Å². The van der Waals surface area contributed by atoms with Crippen LogP contribution < -0.4 is 5.73 Å². The van der Waals surface area contributed by atoms with Crippen molar-refractivity contribution < 1.29 is 14.1 Å². The standard InChI is InChI=1S/C7H10N2O3/c1-3-11-7(10)5-4(2)9-12-6(5)8/h3,8H2,1-2H3. The molecule has 0 saturated carbocycles. The van der Waals surface area contributed by atoms with E-state index >= 15 is 0 Å². The Kier molecular flexibility index (Phi) is 2.32. The predicted octanol–water partition coefficient (Wildman–Crippen LogP) is 0.742. The van der Waals surface area contributed by atoms with Crippen LogP contribution in [0.1, 0.15) is 23.0 Å². The van der Waals surface area contributed by atoms with Crippen molar-refractivity contribution in [2.75, 3.05) is 12.3 Å². The maximum Gasteiger partial charge on any atom is 0.345 e. The molecule has 66 valence electrons. The SMILES string of the molecule is CCOC(=O)c1c(C)noc1N. The number of ether oxygens (including phenoxy) is 1. The molecule has 0 aliphatic rings. The van der Waals surface area contributed by atoms with Gasteiger partial charge in [-0.25, -0.2) is 4.79 Å². The van der Waals surface area contributed by atoms with E-state index in [2.05, 4.69) is 9.68 Å². The Balaban J connectivity index is 2.93. The lowest BCUT2D eigenvalue weighted by atomic mass is 10.2. The van der Waals surface area contributed by atoms with Gasteiger partial charge in [0.2, 0.25) is 5.88 Å². The summed E-state index contributed by atoms with van der Waals surface area (Å²) in [7, 11) is 0. The lowest BCUT2D eigenvalue weighted by molar-refractivity contribution is 0.0526. The number of hydrogen-bond acceptors (Lipinski definition) is 5. The predicted molar refractivity (Wildman–Crippen MR) is 41.6 cm³/mol. The summed E-state index contributed by atoms with van der Waals surface area (Å²) in [6, 6.07) is 0. The summed E-state index contributed by atoms with van der Waals surface area (Å²) in [6.45, 7) is 3.66. The Morgan fingerprint density at radius 2 is 2.42 bits per heavy atom. The van der Waals surface area contributed by atoms with Crippen LogP contribution in [0.3, 0.4) is 0 Å². The molecule has 5 nitrogen and oxygen atoms in total. The van der Waals surface area contributed by atoms with Gasteiger partial charge in [-0.1, -0.05) is 5.16 Å². The number of nitrogen functional groups attached to an aromatic ring is 1. The van der Waals surface area contributed by atoms with Crippen molar-refractivity contribution in [1.82, 2.24) is 5.16 Å². The second-order valence-electron chi connectivity index (χ2n) is 2.23. The molecule has 2 N–H and O–H groups in total. The van der Waals surface area contributed by atoms with Crippen LogP contribution in [0.15, 0.2) is 4.52 Å². The minimum Gasteiger partial charge on any atom is -0.462 e. The molecule has 12 heavy (non-hydrogen) atoms. The van der Waals surface area contributed by atoms with Crippen LogP contribution in [-0.2, 0) is 4.74 Å². The molecule has 1 heterocycles. The van der Waals surface area contributed by atoms with Gasteiger partial charge >= 0.3 is 5.97 Å². The molecule has 1 rings (SSSR count). The number of aromatic nitrogens is 1. The Morgan fingerprint density at radius 1 is 1.75 bits per heavy atom. The third-order valence-corrected chi connectivity index (χ3v) is 1.37. The Morgan fingerprint density at radius 3 is 2.83 bits per heavy atom. The summed E-state index contributed by atoms with van der Waals surface area (Å²) in [6.07, 6.45) is 0. The number of carbonyl (C=O) groups is 1. The number of rotatable bonds is 2. The van der Waals surface area contributed by atoms with Gasteiger partial charge < -0.3 is 15.0 Å². The van der Waals surface area contributed by atoms with Crippen LogP contribution in [0.2, 0.25) is 0 Å². The molecule has 0 aromatic carbocycles. The molecule has 0 aliphatic heterocycles. The topological polar surface area (TPSA) is 78.3 Å². The number of nitrogens with zero attached hydrogens (tertiary/aromatic N) is 1. The highest BCUT2D eigenvalue weighted by Gasteiger charge is 2.18. The second-order valence-corrected chi connectivity index (χ2v) is 2.23. The molecule has 0 fully saturated rings. The first-order valence-electron chi connectivity index (χ1n) is 3.55. The summed E-state index contributed by atoms with van der Waals surface area (Å²) in [5.41, 5.74) is 6.01. The van der Waals surface area contributed by atoms with Gasteiger partial charge in [-0.15, -0.1) is 0 Å². The first-order chi connectivity index (χ1) is 5.66. The van der Waals surface area contributed by atoms with E-state index in [-0.39, 0.29) is 11.4 Å². The highest BCUT2D eigenvalue weighted by molar-refractivity contribution is 5.94. The maximum atomic E-state index is 11.1. The zero-order chi connectivity index (χ0) is 9.14. The minimum atomic E-state index is -0.492. The molecule has 0 amide bonds. The smallest absolute Gasteiger partial charge is 0.345 e. The Labute approximate surface area is 69.5 Å². The third-order valence-electron chi connectivity index (χ3n) is 1.37. The van der Waals surface area contributed by atoms with Gasteiger partial charge in [-0.05, 0) is 13.8 Å². The van der Waals surface area contributed by atoms with Crippen LogP contribution in [0, 0.1) is 6.92 Å². The average Bonchev–Trinajstić information content (AvgIpc) is 2.32. The second kappa shape index (κ2) is 3.25. The molecule has 0 aliphatic carbocycles. The van der Waals surface area contributed by atoms with Crippen LogP contribution in [0.5, 0.6) is 0 Å². The van der Waals surface area contributed by atoms with E-state index in [1.54, 1.807) is 13.8 Å². The molecule has 0 spiro atoms. The summed E-state index contributed by atoms with van der Waals surface area (Å²) >= 11 is 0. The van der Waals surface area contributed by atoms with Gasteiger partial charge in [0.25, 0.3) is 0 Å². The molecule has 5 heteroatoms. The van der Waals surface area contributed by atoms with Crippen molar-refractivity contribution >= 4 is 11.9 Å². The molecule has 1 aromatic heterocycles. The quantitative estimate of drug-likeness (QED) is 0.662. The van der Waals surface area contributed by atoms with Crippen LogP contribution in [-0.4, -0.2) is 17.7 Å². The summed E-state index contributed by atoms with van der Waals surface area (Å²) in [4.78, 5) is 11.1.